The molecule has 2 rings (SSSR count). The number of carbonyl (C=O) groups excluding carboxylic acids is 1. The van der Waals surface area contributed by atoms with Crippen LogP contribution in [-0.2, 0) is 20.5 Å². The lowest BCUT2D eigenvalue weighted by molar-refractivity contribution is -0.149. The molecule has 2 unspecified atom stereocenters. The summed E-state index contributed by atoms with van der Waals surface area (Å²) in [5.41, 5.74) is -0.997. The van der Waals surface area contributed by atoms with Gasteiger partial charge in [-0.1, -0.05) is 12.1 Å². The summed E-state index contributed by atoms with van der Waals surface area (Å²) in [6, 6.07) is 3.43. The molecular formula is C15H16F3NO5. The van der Waals surface area contributed by atoms with Gasteiger partial charge >= 0.3 is 12.1 Å². The lowest BCUT2D eigenvalue weighted by atomic mass is 10.2. The third-order valence-electron chi connectivity index (χ3n) is 3.75. The first-order valence-electron chi connectivity index (χ1n) is 7.08. The number of carbonyl (C=O) groups is 2. The zero-order chi connectivity index (χ0) is 17.9. The fourth-order valence-electron chi connectivity index (χ4n) is 2.53. The highest BCUT2D eigenvalue weighted by atomic mass is 19.4. The number of amides is 1. The van der Waals surface area contributed by atoms with Crippen LogP contribution in [0, 0.1) is 0 Å². The van der Waals surface area contributed by atoms with Crippen molar-refractivity contribution in [3.63, 3.8) is 0 Å². The number of nitrogens with zero attached hydrogens (tertiary/aromatic N) is 1. The second-order valence-corrected chi connectivity index (χ2v) is 5.28. The van der Waals surface area contributed by atoms with E-state index in [0.717, 1.165) is 17.0 Å². The normalized spacial score (nSPS) is 20.9. The molecule has 6 nitrogen and oxygen atoms in total. The molecule has 1 amide bonds. The van der Waals surface area contributed by atoms with Crippen molar-refractivity contribution in [3.05, 3.63) is 29.8 Å². The number of hydrogen-bond donors (Lipinski definition) is 1. The van der Waals surface area contributed by atoms with Gasteiger partial charge < -0.3 is 19.5 Å². The molecule has 0 bridgehead atoms. The molecule has 1 aromatic carbocycles. The summed E-state index contributed by atoms with van der Waals surface area (Å²) in [6.45, 7) is -0.635. The lowest BCUT2D eigenvalue weighted by Gasteiger charge is -2.22. The molecule has 1 heterocycles. The minimum atomic E-state index is -4.61. The summed E-state index contributed by atoms with van der Waals surface area (Å²) < 4.78 is 48.6. The third kappa shape index (κ3) is 3.97. The van der Waals surface area contributed by atoms with Gasteiger partial charge in [-0.05, 0) is 12.1 Å². The maximum atomic E-state index is 12.9. The predicted molar refractivity (Wildman–Crippen MR) is 75.5 cm³/mol. The highest BCUT2D eigenvalue weighted by Crippen LogP contribution is 2.35. The standard InChI is InChI=1S/C15H16F3NO5/c1-23-9-6-11(14(21)22)19(7-9)13(20)8-24-12-5-3-2-4-10(12)15(16,17)18/h2-5,9,11H,6-8H2,1H3,(H,21,22). The van der Waals surface area contributed by atoms with Crippen LogP contribution in [0.25, 0.3) is 0 Å². The number of hydrogen-bond acceptors (Lipinski definition) is 4. The molecule has 2 atom stereocenters. The van der Waals surface area contributed by atoms with Crippen molar-refractivity contribution < 1.29 is 37.3 Å². The summed E-state index contributed by atoms with van der Waals surface area (Å²) in [5.74, 6) is -2.38. The number of aliphatic carboxylic acids is 1. The lowest BCUT2D eigenvalue weighted by Crippen LogP contribution is -2.43. The Morgan fingerprint density at radius 3 is 2.58 bits per heavy atom. The van der Waals surface area contributed by atoms with Crippen LogP contribution in [0.4, 0.5) is 13.2 Å². The molecule has 1 saturated heterocycles. The number of methoxy groups -OCH3 is 1. The monoisotopic (exact) mass is 347 g/mol. The van der Waals surface area contributed by atoms with E-state index in [9.17, 15) is 22.8 Å². The number of carboxylic acid groups (broad SMARTS) is 1. The molecule has 1 aromatic rings. The Morgan fingerprint density at radius 1 is 1.33 bits per heavy atom. The minimum Gasteiger partial charge on any atom is -0.483 e. The number of halogens is 3. The number of benzene rings is 1. The van der Waals surface area contributed by atoms with Crippen LogP contribution in [0.1, 0.15) is 12.0 Å². The van der Waals surface area contributed by atoms with Gasteiger partial charge in [0.05, 0.1) is 11.7 Å². The van der Waals surface area contributed by atoms with Crippen molar-refractivity contribution in [2.24, 2.45) is 0 Å². The topological polar surface area (TPSA) is 76.1 Å². The molecule has 132 valence electrons. The molecule has 0 saturated carbocycles. The number of alkyl halides is 3. The highest BCUT2D eigenvalue weighted by Gasteiger charge is 2.40. The van der Waals surface area contributed by atoms with Gasteiger partial charge in [-0.25, -0.2) is 4.79 Å². The number of likely N-dealkylation sites (tertiary alicyclic amines) is 1. The molecule has 1 fully saturated rings. The summed E-state index contributed by atoms with van der Waals surface area (Å²) in [4.78, 5) is 24.4. The first-order chi connectivity index (χ1) is 11.2. The van der Waals surface area contributed by atoms with E-state index in [1.807, 2.05) is 0 Å². The molecule has 0 aliphatic carbocycles. The van der Waals surface area contributed by atoms with E-state index < -0.39 is 48.1 Å². The second kappa shape index (κ2) is 7.08. The molecule has 0 aromatic heterocycles. The van der Waals surface area contributed by atoms with Crippen LogP contribution < -0.4 is 4.74 Å². The van der Waals surface area contributed by atoms with Gasteiger partial charge in [-0.2, -0.15) is 13.2 Å². The highest BCUT2D eigenvalue weighted by molar-refractivity contribution is 5.85. The first-order valence-corrected chi connectivity index (χ1v) is 7.08. The number of para-hydroxylation sites is 1. The van der Waals surface area contributed by atoms with Crippen molar-refractivity contribution in [1.29, 1.82) is 0 Å². The van der Waals surface area contributed by atoms with Gasteiger partial charge in [-0.15, -0.1) is 0 Å². The fourth-order valence-corrected chi connectivity index (χ4v) is 2.53. The Bertz CT molecular complexity index is 619. The zero-order valence-corrected chi connectivity index (χ0v) is 12.7. The van der Waals surface area contributed by atoms with Crippen molar-refractivity contribution in [2.75, 3.05) is 20.3 Å². The van der Waals surface area contributed by atoms with E-state index >= 15 is 0 Å². The third-order valence-corrected chi connectivity index (χ3v) is 3.75. The maximum absolute atomic E-state index is 12.9. The average molecular weight is 347 g/mol. The summed E-state index contributed by atoms with van der Waals surface area (Å²) in [7, 11) is 1.40. The number of rotatable bonds is 5. The van der Waals surface area contributed by atoms with E-state index in [4.69, 9.17) is 14.6 Å². The molecule has 1 N–H and O–H groups in total. The van der Waals surface area contributed by atoms with Crippen molar-refractivity contribution in [1.82, 2.24) is 4.90 Å². The Kier molecular flexibility index (Phi) is 5.33. The van der Waals surface area contributed by atoms with Gasteiger partial charge in [0.2, 0.25) is 0 Å². The van der Waals surface area contributed by atoms with E-state index in [0.29, 0.717) is 0 Å². The molecule has 1 aliphatic heterocycles. The smallest absolute Gasteiger partial charge is 0.419 e. The van der Waals surface area contributed by atoms with Crippen molar-refractivity contribution in [3.8, 4) is 5.75 Å². The van der Waals surface area contributed by atoms with Gasteiger partial charge in [0.15, 0.2) is 6.61 Å². The summed E-state index contributed by atoms with van der Waals surface area (Å²) in [5, 5.41) is 9.14. The van der Waals surface area contributed by atoms with Crippen LogP contribution in [-0.4, -0.2) is 54.3 Å². The number of ether oxygens (including phenoxy) is 2. The summed E-state index contributed by atoms with van der Waals surface area (Å²) in [6.07, 6.45) is -4.92. The SMILES string of the molecule is COC1CC(C(=O)O)N(C(=O)COc2ccccc2C(F)(F)F)C1. The number of carboxylic acids is 1. The van der Waals surface area contributed by atoms with Gasteiger partial charge in [0.1, 0.15) is 11.8 Å². The molecule has 0 radical (unpaired) electrons. The van der Waals surface area contributed by atoms with Crippen LogP contribution in [0.5, 0.6) is 5.75 Å². The van der Waals surface area contributed by atoms with Gasteiger partial charge in [0.25, 0.3) is 5.91 Å². The minimum absolute atomic E-state index is 0.0522. The van der Waals surface area contributed by atoms with Crippen LogP contribution >= 0.6 is 0 Å². The largest absolute Gasteiger partial charge is 0.483 e. The van der Waals surface area contributed by atoms with Crippen LogP contribution in [0.2, 0.25) is 0 Å². The van der Waals surface area contributed by atoms with E-state index in [1.165, 1.54) is 19.2 Å². The zero-order valence-electron chi connectivity index (χ0n) is 12.7. The molecule has 9 heteroatoms. The van der Waals surface area contributed by atoms with Gasteiger partial charge in [0, 0.05) is 20.1 Å². The molecule has 24 heavy (non-hydrogen) atoms. The Balaban J connectivity index is 2.07. The van der Waals surface area contributed by atoms with E-state index in [-0.39, 0.29) is 13.0 Å². The Hall–Kier alpha value is -2.29. The van der Waals surface area contributed by atoms with E-state index in [2.05, 4.69) is 0 Å². The Labute approximate surface area is 135 Å². The first kappa shape index (κ1) is 18.1. The Morgan fingerprint density at radius 2 is 2.00 bits per heavy atom. The average Bonchev–Trinajstić information content (AvgIpc) is 2.96. The van der Waals surface area contributed by atoms with Crippen LogP contribution in [0.15, 0.2) is 24.3 Å². The summed E-state index contributed by atoms with van der Waals surface area (Å²) >= 11 is 0. The van der Waals surface area contributed by atoms with Crippen molar-refractivity contribution >= 4 is 11.9 Å². The van der Waals surface area contributed by atoms with Crippen LogP contribution in [0.3, 0.4) is 0 Å². The van der Waals surface area contributed by atoms with Gasteiger partial charge in [-0.3, -0.25) is 4.79 Å². The van der Waals surface area contributed by atoms with Crippen molar-refractivity contribution in [2.45, 2.75) is 24.7 Å². The molecule has 1 aliphatic rings. The molecule has 0 spiro atoms. The molecular weight excluding hydrogens is 331 g/mol. The van der Waals surface area contributed by atoms with E-state index in [1.54, 1.807) is 0 Å². The second-order valence-electron chi connectivity index (χ2n) is 5.28. The quantitative estimate of drug-likeness (QED) is 0.879. The fraction of sp³-hybridized carbons (Fsp3) is 0.467. The maximum Gasteiger partial charge on any atom is 0.419 e. The predicted octanol–water partition coefficient (Wildman–Crippen LogP) is 1.78.